The maximum atomic E-state index is 12.4. The highest BCUT2D eigenvalue weighted by molar-refractivity contribution is 6.14. The molecule has 0 unspecified atom stereocenters. The Balaban J connectivity index is 2.00. The van der Waals surface area contributed by atoms with Gasteiger partial charge in [0.2, 0.25) is 5.75 Å². The quantitative estimate of drug-likeness (QED) is 0.658. The molecule has 2 aromatic rings. The van der Waals surface area contributed by atoms with E-state index in [4.69, 9.17) is 9.47 Å². The van der Waals surface area contributed by atoms with Gasteiger partial charge in [0.15, 0.2) is 17.3 Å². The fourth-order valence-electron chi connectivity index (χ4n) is 2.34. The van der Waals surface area contributed by atoms with Crippen molar-refractivity contribution in [2.24, 2.45) is 0 Å². The molecule has 0 bridgehead atoms. The van der Waals surface area contributed by atoms with Crippen LogP contribution in [0.2, 0.25) is 0 Å². The van der Waals surface area contributed by atoms with Gasteiger partial charge in [-0.05, 0) is 35.9 Å². The van der Waals surface area contributed by atoms with Gasteiger partial charge in [-0.25, -0.2) is 0 Å². The van der Waals surface area contributed by atoms with E-state index in [1.165, 1.54) is 19.2 Å². The predicted molar refractivity (Wildman–Crippen MR) is 80.6 cm³/mol. The number of hydrogen-bond donors (Lipinski definition) is 2. The molecule has 1 aliphatic rings. The summed E-state index contributed by atoms with van der Waals surface area (Å²) in [5, 5.41) is 19.3. The van der Waals surface area contributed by atoms with E-state index in [0.717, 1.165) is 0 Å². The molecule has 5 heteroatoms. The van der Waals surface area contributed by atoms with E-state index in [9.17, 15) is 15.0 Å². The van der Waals surface area contributed by atoms with Crippen LogP contribution in [0, 0.1) is 0 Å². The summed E-state index contributed by atoms with van der Waals surface area (Å²) in [6.45, 7) is 0.153. The van der Waals surface area contributed by atoms with E-state index >= 15 is 0 Å². The van der Waals surface area contributed by atoms with Crippen molar-refractivity contribution < 1.29 is 24.5 Å². The van der Waals surface area contributed by atoms with Gasteiger partial charge in [0.1, 0.15) is 12.4 Å². The number of ketones is 1. The van der Waals surface area contributed by atoms with Gasteiger partial charge in [0.25, 0.3) is 0 Å². The Hall–Kier alpha value is -2.95. The molecule has 22 heavy (non-hydrogen) atoms. The van der Waals surface area contributed by atoms with E-state index < -0.39 is 0 Å². The van der Waals surface area contributed by atoms with Crippen molar-refractivity contribution in [3.63, 3.8) is 0 Å². The molecule has 0 aromatic heterocycles. The summed E-state index contributed by atoms with van der Waals surface area (Å²) in [5.41, 5.74) is 1.51. The topological polar surface area (TPSA) is 76.0 Å². The first-order valence-electron chi connectivity index (χ1n) is 6.67. The van der Waals surface area contributed by atoms with Crippen LogP contribution >= 0.6 is 0 Å². The summed E-state index contributed by atoms with van der Waals surface area (Å²) >= 11 is 0. The van der Waals surface area contributed by atoms with Crippen molar-refractivity contribution in [1.82, 2.24) is 0 Å². The van der Waals surface area contributed by atoms with E-state index in [1.54, 1.807) is 24.3 Å². The minimum Gasteiger partial charge on any atom is -0.504 e. The Labute approximate surface area is 127 Å². The van der Waals surface area contributed by atoms with Crippen LogP contribution in [0.4, 0.5) is 0 Å². The van der Waals surface area contributed by atoms with Gasteiger partial charge in [-0.3, -0.25) is 4.79 Å². The lowest BCUT2D eigenvalue weighted by molar-refractivity contribution is 0.100. The van der Waals surface area contributed by atoms with Crippen LogP contribution in [0.15, 0.2) is 42.0 Å². The second-order valence-corrected chi connectivity index (χ2v) is 4.87. The molecule has 0 atom stereocenters. The predicted octanol–water partition coefficient (Wildman–Crippen LogP) is 2.77. The number of phenols is 2. The van der Waals surface area contributed by atoms with Crippen LogP contribution in [0.1, 0.15) is 15.9 Å². The minimum atomic E-state index is -0.332. The van der Waals surface area contributed by atoms with Crippen LogP contribution in [0.25, 0.3) is 6.08 Å². The number of methoxy groups -OCH3 is 1. The van der Waals surface area contributed by atoms with E-state index in [0.29, 0.717) is 22.4 Å². The standard InChI is InChI=1S/C17H14O5/c1-21-15-8-10(7-13(18)17(15)20)6-11-9-22-14-5-3-2-4-12(14)16(11)19/h2-8,18,20H,9H2,1H3/b11-6-. The van der Waals surface area contributed by atoms with Crippen LogP contribution in [0.3, 0.4) is 0 Å². The first-order chi connectivity index (χ1) is 10.6. The average Bonchev–Trinajstić information content (AvgIpc) is 2.53. The summed E-state index contributed by atoms with van der Waals surface area (Å²) in [5.74, 6) is -0.0578. The molecule has 0 saturated heterocycles. The first kappa shape index (κ1) is 14.0. The van der Waals surface area contributed by atoms with Gasteiger partial charge in [-0.15, -0.1) is 0 Å². The second kappa shape index (κ2) is 5.44. The van der Waals surface area contributed by atoms with Crippen molar-refractivity contribution in [2.75, 3.05) is 13.7 Å². The van der Waals surface area contributed by atoms with Gasteiger partial charge in [-0.2, -0.15) is 0 Å². The molecule has 5 nitrogen and oxygen atoms in total. The fourth-order valence-corrected chi connectivity index (χ4v) is 2.34. The largest absolute Gasteiger partial charge is 0.504 e. The molecule has 2 N–H and O–H groups in total. The Kier molecular flexibility index (Phi) is 3.47. The Morgan fingerprint density at radius 2 is 2.00 bits per heavy atom. The van der Waals surface area contributed by atoms with Crippen molar-refractivity contribution in [3.8, 4) is 23.0 Å². The lowest BCUT2D eigenvalue weighted by atomic mass is 9.98. The van der Waals surface area contributed by atoms with Gasteiger partial charge >= 0.3 is 0 Å². The SMILES string of the molecule is COc1cc(/C=C2/COc3ccccc3C2=O)cc(O)c1O. The molecule has 1 heterocycles. The summed E-state index contributed by atoms with van der Waals surface area (Å²) < 4.78 is 10.5. The summed E-state index contributed by atoms with van der Waals surface area (Å²) in [6.07, 6.45) is 1.61. The van der Waals surface area contributed by atoms with Crippen LogP contribution in [0.5, 0.6) is 23.0 Å². The van der Waals surface area contributed by atoms with E-state index in [-0.39, 0.29) is 29.6 Å². The maximum absolute atomic E-state index is 12.4. The number of aromatic hydroxyl groups is 2. The molecule has 0 aliphatic carbocycles. The van der Waals surface area contributed by atoms with Gasteiger partial charge in [-0.1, -0.05) is 12.1 Å². The Bertz CT molecular complexity index is 777. The van der Waals surface area contributed by atoms with Gasteiger partial charge < -0.3 is 19.7 Å². The molecule has 112 valence electrons. The molecule has 2 aromatic carbocycles. The van der Waals surface area contributed by atoms with Crippen molar-refractivity contribution >= 4 is 11.9 Å². The zero-order valence-corrected chi connectivity index (χ0v) is 11.9. The fraction of sp³-hybridized carbons (Fsp3) is 0.118. The summed E-state index contributed by atoms with van der Waals surface area (Å²) in [7, 11) is 1.39. The summed E-state index contributed by atoms with van der Waals surface area (Å²) in [4.78, 5) is 12.4. The highest BCUT2D eigenvalue weighted by Crippen LogP contribution is 2.37. The average molecular weight is 298 g/mol. The van der Waals surface area contributed by atoms with Crippen LogP contribution in [-0.2, 0) is 0 Å². The van der Waals surface area contributed by atoms with Gasteiger partial charge in [0.05, 0.1) is 12.7 Å². The summed E-state index contributed by atoms with van der Waals surface area (Å²) in [6, 6.07) is 9.94. The first-order valence-corrected chi connectivity index (χ1v) is 6.67. The third-order valence-corrected chi connectivity index (χ3v) is 3.44. The molecule has 0 amide bonds. The number of para-hydroxylation sites is 1. The molecular formula is C17H14O5. The smallest absolute Gasteiger partial charge is 0.200 e. The number of phenolic OH excluding ortho intramolecular Hbond substituents is 2. The minimum absolute atomic E-state index is 0.117. The second-order valence-electron chi connectivity index (χ2n) is 4.87. The van der Waals surface area contributed by atoms with Crippen molar-refractivity contribution in [3.05, 3.63) is 53.1 Å². The van der Waals surface area contributed by atoms with E-state index in [2.05, 4.69) is 0 Å². The van der Waals surface area contributed by atoms with Gasteiger partial charge in [0, 0.05) is 5.57 Å². The van der Waals surface area contributed by atoms with Crippen molar-refractivity contribution in [2.45, 2.75) is 0 Å². The molecule has 3 rings (SSSR count). The molecular weight excluding hydrogens is 284 g/mol. The monoisotopic (exact) mass is 298 g/mol. The Morgan fingerprint density at radius 3 is 2.77 bits per heavy atom. The van der Waals surface area contributed by atoms with Crippen LogP contribution < -0.4 is 9.47 Å². The molecule has 1 aliphatic heterocycles. The normalized spacial score (nSPS) is 15.3. The number of Topliss-reactive ketones (excluding diaryl/α,β-unsaturated/α-hetero) is 1. The van der Waals surface area contributed by atoms with Crippen LogP contribution in [-0.4, -0.2) is 29.7 Å². The number of carbonyl (C=O) groups excluding carboxylic acids is 1. The lowest BCUT2D eigenvalue weighted by Gasteiger charge is -2.18. The Morgan fingerprint density at radius 1 is 1.23 bits per heavy atom. The number of hydrogen-bond acceptors (Lipinski definition) is 5. The highest BCUT2D eigenvalue weighted by Gasteiger charge is 2.23. The zero-order chi connectivity index (χ0) is 15.7. The number of fused-ring (bicyclic) bond motifs is 1. The van der Waals surface area contributed by atoms with Crippen molar-refractivity contribution in [1.29, 1.82) is 0 Å². The number of benzene rings is 2. The molecule has 0 spiro atoms. The maximum Gasteiger partial charge on any atom is 0.200 e. The lowest BCUT2D eigenvalue weighted by Crippen LogP contribution is -2.18. The third kappa shape index (κ3) is 2.37. The number of rotatable bonds is 2. The van der Waals surface area contributed by atoms with E-state index in [1.807, 2.05) is 6.07 Å². The molecule has 0 radical (unpaired) electrons. The zero-order valence-electron chi connectivity index (χ0n) is 11.9. The third-order valence-electron chi connectivity index (χ3n) is 3.44. The highest BCUT2D eigenvalue weighted by atomic mass is 16.5. The molecule has 0 saturated carbocycles. The number of carbonyl (C=O) groups is 1. The molecule has 0 fully saturated rings. The number of ether oxygens (including phenoxy) is 2.